The molecule has 0 heterocycles. The summed E-state index contributed by atoms with van der Waals surface area (Å²) in [7, 11) is 1.68. The van der Waals surface area contributed by atoms with Crippen molar-refractivity contribution in [1.82, 2.24) is 0 Å². The van der Waals surface area contributed by atoms with Crippen molar-refractivity contribution in [1.29, 1.82) is 0 Å². The number of aryl methyl sites for hydroxylation is 2. The van der Waals surface area contributed by atoms with Gasteiger partial charge in [-0.25, -0.2) is 0 Å². The third-order valence-corrected chi connectivity index (χ3v) is 4.76. The number of methoxy groups -OCH3 is 1. The van der Waals surface area contributed by atoms with Crippen molar-refractivity contribution in [3.63, 3.8) is 0 Å². The summed E-state index contributed by atoms with van der Waals surface area (Å²) in [6.07, 6.45) is 0. The fraction of sp³-hybridized carbons (Fsp3) is 0.294. The van der Waals surface area contributed by atoms with Gasteiger partial charge in [-0.05, 0) is 43.2 Å². The SMILES string of the molecule is COc1ccc(C(CN)Sc2ccc(C)cc2C)cc1. The van der Waals surface area contributed by atoms with Gasteiger partial charge in [-0.1, -0.05) is 29.8 Å². The van der Waals surface area contributed by atoms with Crippen LogP contribution in [0.1, 0.15) is 21.9 Å². The summed E-state index contributed by atoms with van der Waals surface area (Å²) in [5.74, 6) is 0.876. The van der Waals surface area contributed by atoms with Crippen LogP contribution in [0.2, 0.25) is 0 Å². The minimum absolute atomic E-state index is 0.266. The van der Waals surface area contributed by atoms with Crippen molar-refractivity contribution in [3.8, 4) is 5.75 Å². The molecule has 2 N–H and O–H groups in total. The van der Waals surface area contributed by atoms with Crippen LogP contribution in [0.25, 0.3) is 0 Å². The van der Waals surface area contributed by atoms with Crippen molar-refractivity contribution >= 4 is 11.8 Å². The van der Waals surface area contributed by atoms with E-state index in [2.05, 4.69) is 44.2 Å². The van der Waals surface area contributed by atoms with Crippen LogP contribution in [0, 0.1) is 13.8 Å². The molecule has 0 amide bonds. The topological polar surface area (TPSA) is 35.2 Å². The minimum Gasteiger partial charge on any atom is -0.497 e. The second-order valence-corrected chi connectivity index (χ2v) is 6.13. The predicted octanol–water partition coefficient (Wildman–Crippen LogP) is 4.10. The molecule has 2 aromatic rings. The Kier molecular flexibility index (Phi) is 5.10. The van der Waals surface area contributed by atoms with E-state index in [1.807, 2.05) is 23.9 Å². The summed E-state index contributed by atoms with van der Waals surface area (Å²) in [4.78, 5) is 1.29. The number of hydrogen-bond acceptors (Lipinski definition) is 3. The highest BCUT2D eigenvalue weighted by atomic mass is 32.2. The van der Waals surface area contributed by atoms with E-state index in [4.69, 9.17) is 10.5 Å². The van der Waals surface area contributed by atoms with E-state index in [1.54, 1.807) is 7.11 Å². The normalized spacial score (nSPS) is 12.2. The highest BCUT2D eigenvalue weighted by Crippen LogP contribution is 2.36. The van der Waals surface area contributed by atoms with E-state index in [0.717, 1.165) is 5.75 Å². The molecule has 20 heavy (non-hydrogen) atoms. The fourth-order valence-corrected chi connectivity index (χ4v) is 3.24. The van der Waals surface area contributed by atoms with Gasteiger partial charge in [-0.2, -0.15) is 0 Å². The Bertz CT molecular complexity index is 566. The Morgan fingerprint density at radius 3 is 2.35 bits per heavy atom. The molecule has 0 radical (unpaired) electrons. The second-order valence-electron chi connectivity index (χ2n) is 4.88. The van der Waals surface area contributed by atoms with E-state index in [0.29, 0.717) is 6.54 Å². The molecule has 1 unspecified atom stereocenters. The van der Waals surface area contributed by atoms with Gasteiger partial charge in [0, 0.05) is 16.7 Å². The summed E-state index contributed by atoms with van der Waals surface area (Å²) in [6, 6.07) is 14.7. The van der Waals surface area contributed by atoms with Gasteiger partial charge in [-0.3, -0.25) is 0 Å². The molecule has 0 aliphatic rings. The molecule has 2 aromatic carbocycles. The molecule has 0 fully saturated rings. The van der Waals surface area contributed by atoms with Crippen LogP contribution >= 0.6 is 11.8 Å². The van der Waals surface area contributed by atoms with E-state index >= 15 is 0 Å². The molecular weight excluding hydrogens is 266 g/mol. The van der Waals surface area contributed by atoms with Gasteiger partial charge in [0.05, 0.1) is 7.11 Å². The lowest BCUT2D eigenvalue weighted by molar-refractivity contribution is 0.414. The van der Waals surface area contributed by atoms with E-state index < -0.39 is 0 Å². The molecule has 106 valence electrons. The number of rotatable bonds is 5. The number of thioether (sulfide) groups is 1. The van der Waals surface area contributed by atoms with Crippen LogP contribution in [-0.4, -0.2) is 13.7 Å². The monoisotopic (exact) mass is 287 g/mol. The minimum atomic E-state index is 0.266. The zero-order valence-electron chi connectivity index (χ0n) is 12.2. The van der Waals surface area contributed by atoms with Gasteiger partial charge in [0.15, 0.2) is 0 Å². The van der Waals surface area contributed by atoms with E-state index in [1.165, 1.54) is 21.6 Å². The van der Waals surface area contributed by atoms with Crippen molar-refractivity contribution in [2.24, 2.45) is 5.73 Å². The largest absolute Gasteiger partial charge is 0.497 e. The summed E-state index contributed by atoms with van der Waals surface area (Å²) in [5, 5.41) is 0.266. The Labute approximate surface area is 125 Å². The van der Waals surface area contributed by atoms with Gasteiger partial charge in [0.25, 0.3) is 0 Å². The van der Waals surface area contributed by atoms with Crippen molar-refractivity contribution < 1.29 is 4.74 Å². The zero-order valence-corrected chi connectivity index (χ0v) is 13.0. The van der Waals surface area contributed by atoms with Crippen LogP contribution < -0.4 is 10.5 Å². The van der Waals surface area contributed by atoms with Crippen molar-refractivity contribution in [2.45, 2.75) is 24.0 Å². The van der Waals surface area contributed by atoms with Gasteiger partial charge in [0.1, 0.15) is 5.75 Å². The van der Waals surface area contributed by atoms with Crippen LogP contribution in [0.5, 0.6) is 5.75 Å². The first-order valence-electron chi connectivity index (χ1n) is 6.72. The maximum atomic E-state index is 5.95. The molecule has 0 aromatic heterocycles. The summed E-state index contributed by atoms with van der Waals surface area (Å²) in [5.41, 5.74) is 9.79. The highest BCUT2D eigenvalue weighted by molar-refractivity contribution is 7.99. The molecule has 0 spiro atoms. The molecule has 1 atom stereocenters. The maximum Gasteiger partial charge on any atom is 0.118 e. The molecule has 3 heteroatoms. The van der Waals surface area contributed by atoms with Crippen molar-refractivity contribution in [3.05, 3.63) is 59.2 Å². The lowest BCUT2D eigenvalue weighted by atomic mass is 10.1. The maximum absolute atomic E-state index is 5.95. The molecule has 2 rings (SSSR count). The average Bonchev–Trinajstić information content (AvgIpc) is 2.47. The third kappa shape index (κ3) is 3.56. The van der Waals surface area contributed by atoms with Gasteiger partial charge in [0.2, 0.25) is 0 Å². The summed E-state index contributed by atoms with van der Waals surface area (Å²) in [6.45, 7) is 4.88. The molecule has 0 bridgehead atoms. The summed E-state index contributed by atoms with van der Waals surface area (Å²) >= 11 is 1.82. The number of hydrogen-bond donors (Lipinski definition) is 1. The Morgan fingerprint density at radius 1 is 1.10 bits per heavy atom. The highest BCUT2D eigenvalue weighted by Gasteiger charge is 2.13. The fourth-order valence-electron chi connectivity index (χ4n) is 2.16. The molecule has 0 aliphatic carbocycles. The zero-order chi connectivity index (χ0) is 14.5. The first-order valence-corrected chi connectivity index (χ1v) is 7.60. The Morgan fingerprint density at radius 2 is 1.80 bits per heavy atom. The molecule has 0 saturated carbocycles. The van der Waals surface area contributed by atoms with Gasteiger partial charge < -0.3 is 10.5 Å². The first-order chi connectivity index (χ1) is 9.63. The average molecular weight is 287 g/mol. The van der Waals surface area contributed by atoms with Gasteiger partial charge in [-0.15, -0.1) is 11.8 Å². The summed E-state index contributed by atoms with van der Waals surface area (Å²) < 4.78 is 5.20. The number of benzene rings is 2. The smallest absolute Gasteiger partial charge is 0.118 e. The molecule has 0 saturated heterocycles. The predicted molar refractivity (Wildman–Crippen MR) is 86.6 cm³/mol. The molecule has 0 aliphatic heterocycles. The Hall–Kier alpha value is -1.45. The third-order valence-electron chi connectivity index (χ3n) is 3.30. The van der Waals surface area contributed by atoms with Crippen LogP contribution in [0.4, 0.5) is 0 Å². The lowest BCUT2D eigenvalue weighted by Crippen LogP contribution is -2.09. The first kappa shape index (κ1) is 14.9. The quantitative estimate of drug-likeness (QED) is 0.841. The Balaban J connectivity index is 2.19. The molecule has 2 nitrogen and oxygen atoms in total. The number of nitrogens with two attached hydrogens (primary N) is 1. The van der Waals surface area contributed by atoms with Gasteiger partial charge >= 0.3 is 0 Å². The lowest BCUT2D eigenvalue weighted by Gasteiger charge is -2.17. The standard InChI is InChI=1S/C17H21NOS/c1-12-4-9-16(13(2)10-12)20-17(11-18)14-5-7-15(19-3)8-6-14/h4-10,17H,11,18H2,1-3H3. The number of ether oxygens (including phenoxy) is 1. The second kappa shape index (κ2) is 6.82. The van der Waals surface area contributed by atoms with E-state index in [-0.39, 0.29) is 5.25 Å². The van der Waals surface area contributed by atoms with E-state index in [9.17, 15) is 0 Å². The molecular formula is C17H21NOS. The van der Waals surface area contributed by atoms with Crippen LogP contribution in [0.15, 0.2) is 47.4 Å². The van der Waals surface area contributed by atoms with Crippen LogP contribution in [-0.2, 0) is 0 Å². The van der Waals surface area contributed by atoms with Crippen LogP contribution in [0.3, 0.4) is 0 Å². The van der Waals surface area contributed by atoms with Crippen molar-refractivity contribution in [2.75, 3.05) is 13.7 Å².